The Hall–Kier alpha value is -0.300. The van der Waals surface area contributed by atoms with Crippen LogP contribution in [-0.4, -0.2) is 12.2 Å². The fraction of sp³-hybridized carbons (Fsp3) is 0.905. The van der Waals surface area contributed by atoms with Gasteiger partial charge in [0.05, 0.1) is 12.2 Å². The molecule has 5 aliphatic heterocycles. The lowest BCUT2D eigenvalue weighted by molar-refractivity contribution is -0.0799. The molecule has 0 radical (unpaired) electrons. The van der Waals surface area contributed by atoms with E-state index in [4.69, 9.17) is 4.74 Å². The zero-order chi connectivity index (χ0) is 15.1. The van der Waals surface area contributed by atoms with Gasteiger partial charge in [0.25, 0.3) is 0 Å². The number of hydrogen-bond acceptors (Lipinski definition) is 1. The maximum absolute atomic E-state index is 6.62. The molecule has 6 fully saturated rings. The van der Waals surface area contributed by atoms with Crippen molar-refractivity contribution < 1.29 is 4.74 Å². The molecule has 0 amide bonds. The van der Waals surface area contributed by atoms with E-state index in [9.17, 15) is 0 Å². The Morgan fingerprint density at radius 2 is 1.77 bits per heavy atom. The maximum atomic E-state index is 6.62. The molecule has 0 aromatic carbocycles. The Bertz CT molecular complexity index is 510. The van der Waals surface area contributed by atoms with Crippen LogP contribution in [0.4, 0.5) is 0 Å². The summed E-state index contributed by atoms with van der Waals surface area (Å²) < 4.78 is 6.62. The van der Waals surface area contributed by atoms with Crippen LogP contribution in [0.2, 0.25) is 0 Å². The minimum Gasteiger partial charge on any atom is -0.371 e. The van der Waals surface area contributed by atoms with Gasteiger partial charge in [-0.05, 0) is 92.3 Å². The fourth-order valence-corrected chi connectivity index (χ4v) is 8.06. The maximum Gasteiger partial charge on any atom is 0.0762 e. The Morgan fingerprint density at radius 3 is 2.64 bits per heavy atom. The van der Waals surface area contributed by atoms with Crippen LogP contribution in [0.5, 0.6) is 0 Å². The molecule has 0 aromatic rings. The molecule has 9 aliphatic rings. The minimum atomic E-state index is 0.393. The fourth-order valence-electron chi connectivity index (χ4n) is 8.06. The summed E-state index contributed by atoms with van der Waals surface area (Å²) in [6.07, 6.45) is 16.0. The summed E-state index contributed by atoms with van der Waals surface area (Å²) >= 11 is 0. The number of rotatable bonds is 0. The second-order valence-electron chi connectivity index (χ2n) is 9.72. The lowest BCUT2D eigenvalue weighted by atomic mass is 9.46. The van der Waals surface area contributed by atoms with Gasteiger partial charge in [0.15, 0.2) is 0 Å². The predicted molar refractivity (Wildman–Crippen MR) is 89.5 cm³/mol. The number of ether oxygens (including phenoxy) is 1. The van der Waals surface area contributed by atoms with Gasteiger partial charge in [-0.25, -0.2) is 0 Å². The summed E-state index contributed by atoms with van der Waals surface area (Å²) in [6, 6.07) is 0. The number of allylic oxidation sites excluding steroid dienone is 1. The van der Waals surface area contributed by atoms with E-state index in [2.05, 4.69) is 32.9 Å². The summed E-state index contributed by atoms with van der Waals surface area (Å²) in [5.41, 5.74) is 1.03. The van der Waals surface area contributed by atoms with Gasteiger partial charge in [-0.3, -0.25) is 0 Å². The van der Waals surface area contributed by atoms with E-state index >= 15 is 0 Å². The van der Waals surface area contributed by atoms with Gasteiger partial charge in [-0.1, -0.05) is 26.0 Å². The molecular weight excluding hydrogens is 268 g/mol. The van der Waals surface area contributed by atoms with Gasteiger partial charge in [-0.2, -0.15) is 0 Å². The molecule has 0 aromatic heterocycles. The van der Waals surface area contributed by atoms with Crippen LogP contribution in [0.25, 0.3) is 0 Å². The van der Waals surface area contributed by atoms with Crippen LogP contribution >= 0.6 is 0 Å². The van der Waals surface area contributed by atoms with Crippen molar-refractivity contribution in [2.45, 2.75) is 77.9 Å². The third kappa shape index (κ3) is 1.60. The zero-order valence-corrected chi connectivity index (χ0v) is 14.6. The quantitative estimate of drug-likeness (QED) is 0.558. The first-order valence-corrected chi connectivity index (χ1v) is 9.87. The first-order valence-electron chi connectivity index (χ1n) is 9.87. The topological polar surface area (TPSA) is 9.23 Å². The molecule has 3 saturated carbocycles. The van der Waals surface area contributed by atoms with Gasteiger partial charge < -0.3 is 4.74 Å². The smallest absolute Gasteiger partial charge is 0.0762 e. The van der Waals surface area contributed by atoms with E-state index in [0.29, 0.717) is 23.0 Å². The summed E-state index contributed by atoms with van der Waals surface area (Å²) in [5, 5.41) is 0. The first-order chi connectivity index (χ1) is 10.5. The summed E-state index contributed by atoms with van der Waals surface area (Å²) in [6.45, 7) is 7.61. The molecule has 8 bridgehead atoms. The second-order valence-corrected chi connectivity index (χ2v) is 9.72. The molecule has 3 unspecified atom stereocenters. The average molecular weight is 300 g/mol. The second kappa shape index (κ2) is 4.41. The van der Waals surface area contributed by atoms with E-state index in [-0.39, 0.29) is 0 Å². The predicted octanol–water partition coefficient (Wildman–Crippen LogP) is 5.21. The third-order valence-electron chi connectivity index (χ3n) is 9.18. The molecule has 0 spiro atoms. The minimum absolute atomic E-state index is 0.393. The first kappa shape index (κ1) is 14.1. The molecule has 4 aliphatic carbocycles. The van der Waals surface area contributed by atoms with Gasteiger partial charge in [0.1, 0.15) is 0 Å². The lowest BCUT2D eigenvalue weighted by Gasteiger charge is -2.59. The molecule has 9 rings (SSSR count). The average Bonchev–Trinajstić information content (AvgIpc) is 2.82. The van der Waals surface area contributed by atoms with Gasteiger partial charge in [0.2, 0.25) is 0 Å². The highest BCUT2D eigenvalue weighted by Crippen LogP contribution is 2.67. The van der Waals surface area contributed by atoms with Gasteiger partial charge in [0, 0.05) is 0 Å². The van der Waals surface area contributed by atoms with Crippen molar-refractivity contribution in [2.75, 3.05) is 0 Å². The van der Waals surface area contributed by atoms with Crippen molar-refractivity contribution in [3.8, 4) is 0 Å². The molecule has 1 nitrogen and oxygen atoms in total. The highest BCUT2D eigenvalue weighted by Gasteiger charge is 2.61. The largest absolute Gasteiger partial charge is 0.371 e. The van der Waals surface area contributed by atoms with E-state index in [1.807, 2.05) is 0 Å². The Kier molecular flexibility index (Phi) is 2.82. The van der Waals surface area contributed by atoms with Crippen molar-refractivity contribution in [1.82, 2.24) is 0 Å². The summed E-state index contributed by atoms with van der Waals surface area (Å²) in [5.74, 6) is 4.60. The monoisotopic (exact) mass is 300 g/mol. The SMILES string of the molecule is CC1OC2C=C[C@@]3(C)C(CC[C@H]4[C@@H]5CC[C@H]1[C@@]5(C)CC[C@@H]43)C2. The molecule has 1 heteroatoms. The van der Waals surface area contributed by atoms with Crippen LogP contribution in [0.1, 0.15) is 65.7 Å². The summed E-state index contributed by atoms with van der Waals surface area (Å²) in [4.78, 5) is 0. The van der Waals surface area contributed by atoms with Crippen LogP contribution in [0.3, 0.4) is 0 Å². The molecule has 9 atom stereocenters. The van der Waals surface area contributed by atoms with Crippen molar-refractivity contribution in [1.29, 1.82) is 0 Å². The Balaban J connectivity index is 1.67. The van der Waals surface area contributed by atoms with Crippen LogP contribution < -0.4 is 0 Å². The molecule has 0 N–H and O–H groups in total. The van der Waals surface area contributed by atoms with Crippen LogP contribution in [0.15, 0.2) is 12.2 Å². The summed E-state index contributed by atoms with van der Waals surface area (Å²) in [7, 11) is 0. The van der Waals surface area contributed by atoms with E-state index in [1.54, 1.807) is 0 Å². The highest BCUT2D eigenvalue weighted by atomic mass is 16.5. The Morgan fingerprint density at radius 1 is 0.955 bits per heavy atom. The molecule has 5 heterocycles. The number of hydrogen-bond donors (Lipinski definition) is 0. The molecule has 22 heavy (non-hydrogen) atoms. The van der Waals surface area contributed by atoms with Crippen molar-refractivity contribution in [3.05, 3.63) is 12.2 Å². The molecule has 3 saturated heterocycles. The third-order valence-corrected chi connectivity index (χ3v) is 9.18. The van der Waals surface area contributed by atoms with Crippen LogP contribution in [0, 0.1) is 40.4 Å². The highest BCUT2D eigenvalue weighted by molar-refractivity contribution is 5.18. The van der Waals surface area contributed by atoms with E-state index in [1.165, 1.54) is 44.9 Å². The lowest BCUT2D eigenvalue weighted by Crippen LogP contribution is -2.52. The van der Waals surface area contributed by atoms with Gasteiger partial charge in [-0.15, -0.1) is 0 Å². The van der Waals surface area contributed by atoms with E-state index in [0.717, 1.165) is 29.6 Å². The number of fused-ring (bicyclic) bond motifs is 1. The van der Waals surface area contributed by atoms with Crippen molar-refractivity contribution in [2.24, 2.45) is 40.4 Å². The van der Waals surface area contributed by atoms with Crippen LogP contribution in [-0.2, 0) is 4.74 Å². The Labute approximate surface area is 135 Å². The van der Waals surface area contributed by atoms with Crippen molar-refractivity contribution in [3.63, 3.8) is 0 Å². The van der Waals surface area contributed by atoms with Gasteiger partial charge >= 0.3 is 0 Å². The normalized spacial score (nSPS) is 62.4. The van der Waals surface area contributed by atoms with Crippen molar-refractivity contribution >= 4 is 0 Å². The molecular formula is C21H32O. The standard InChI is InChI=1S/C21H32O/c1-13-17-6-7-18-16-5-4-14-12-15(22-13)8-10-20(14,2)19(16)9-11-21(17,18)3/h8,10,13-19H,4-7,9,11-12H2,1-3H3/t13?,14?,15?,16-,17+,18-,19-,20-,21+/m0/s1. The zero-order valence-electron chi connectivity index (χ0n) is 14.6. The van der Waals surface area contributed by atoms with E-state index < -0.39 is 0 Å². The molecule has 122 valence electrons.